The van der Waals surface area contributed by atoms with E-state index in [-0.39, 0.29) is 5.91 Å². The molecule has 0 radical (unpaired) electrons. The van der Waals surface area contributed by atoms with Gasteiger partial charge in [-0.2, -0.15) is 0 Å². The molecule has 1 aromatic rings. The van der Waals surface area contributed by atoms with Crippen LogP contribution in [0.5, 0.6) is 0 Å². The van der Waals surface area contributed by atoms with Gasteiger partial charge in [-0.1, -0.05) is 25.7 Å². The third-order valence-electron chi connectivity index (χ3n) is 3.28. The van der Waals surface area contributed by atoms with Crippen molar-refractivity contribution in [3.8, 4) is 0 Å². The second-order valence-corrected chi connectivity index (χ2v) is 4.63. The number of nitrogens with two attached hydrogens (primary N) is 1. The van der Waals surface area contributed by atoms with Crippen LogP contribution in [0.1, 0.15) is 54.8 Å². The fourth-order valence-electron chi connectivity index (χ4n) is 2.29. The zero-order valence-electron chi connectivity index (χ0n) is 10.1. The van der Waals surface area contributed by atoms with Gasteiger partial charge in [-0.25, -0.2) is 0 Å². The molecule has 0 spiro atoms. The van der Waals surface area contributed by atoms with Crippen LogP contribution >= 0.6 is 0 Å². The lowest BCUT2D eigenvalue weighted by Gasteiger charge is -2.14. The van der Waals surface area contributed by atoms with E-state index < -0.39 is 0 Å². The molecule has 94 valence electrons. The summed E-state index contributed by atoms with van der Waals surface area (Å²) in [6.07, 6.45) is 7.13. The van der Waals surface area contributed by atoms with Gasteiger partial charge in [0.25, 0.3) is 5.91 Å². The lowest BCUT2D eigenvalue weighted by Crippen LogP contribution is -2.34. The summed E-state index contributed by atoms with van der Waals surface area (Å²) < 4.78 is 5.33. The average Bonchev–Trinajstić information content (AvgIpc) is 2.68. The van der Waals surface area contributed by atoms with E-state index in [0.29, 0.717) is 24.1 Å². The summed E-state index contributed by atoms with van der Waals surface area (Å²) in [5, 5.41) is 3.04. The Labute approximate surface area is 102 Å². The van der Waals surface area contributed by atoms with Gasteiger partial charge in [0.05, 0.1) is 6.54 Å². The van der Waals surface area contributed by atoms with Gasteiger partial charge in [0.2, 0.25) is 0 Å². The van der Waals surface area contributed by atoms with Crippen LogP contribution in [-0.4, -0.2) is 11.9 Å². The number of carbonyl (C=O) groups excluding carboxylic acids is 1. The molecule has 0 atom stereocenters. The maximum Gasteiger partial charge on any atom is 0.287 e. The average molecular weight is 236 g/mol. The Morgan fingerprint density at radius 3 is 2.59 bits per heavy atom. The van der Waals surface area contributed by atoms with Crippen LogP contribution in [0, 0.1) is 0 Å². The van der Waals surface area contributed by atoms with Gasteiger partial charge in [0, 0.05) is 6.04 Å². The first kappa shape index (κ1) is 12.2. The first-order valence-corrected chi connectivity index (χ1v) is 6.39. The molecule has 4 heteroatoms. The van der Waals surface area contributed by atoms with E-state index in [4.69, 9.17) is 10.2 Å². The molecule has 2 rings (SSSR count). The first-order chi connectivity index (χ1) is 8.29. The number of nitrogens with one attached hydrogen (secondary N) is 1. The quantitative estimate of drug-likeness (QED) is 0.790. The molecule has 1 aliphatic carbocycles. The summed E-state index contributed by atoms with van der Waals surface area (Å²) in [7, 11) is 0. The number of hydrogen-bond donors (Lipinski definition) is 2. The van der Waals surface area contributed by atoms with Crippen LogP contribution in [0.3, 0.4) is 0 Å². The van der Waals surface area contributed by atoms with Gasteiger partial charge in [0.1, 0.15) is 5.76 Å². The molecule has 1 aliphatic rings. The van der Waals surface area contributed by atoms with E-state index in [1.807, 2.05) is 0 Å². The van der Waals surface area contributed by atoms with Gasteiger partial charge in [-0.15, -0.1) is 0 Å². The Kier molecular flexibility index (Phi) is 4.20. The highest BCUT2D eigenvalue weighted by molar-refractivity contribution is 5.91. The van der Waals surface area contributed by atoms with E-state index in [1.54, 1.807) is 12.1 Å². The molecule has 0 saturated heterocycles. The van der Waals surface area contributed by atoms with Gasteiger partial charge in [-0.05, 0) is 25.0 Å². The van der Waals surface area contributed by atoms with Crippen LogP contribution in [0.15, 0.2) is 16.5 Å². The van der Waals surface area contributed by atoms with Crippen molar-refractivity contribution in [1.29, 1.82) is 0 Å². The van der Waals surface area contributed by atoms with E-state index >= 15 is 0 Å². The molecule has 1 aromatic heterocycles. The van der Waals surface area contributed by atoms with Crippen LogP contribution in [0.4, 0.5) is 0 Å². The van der Waals surface area contributed by atoms with Crippen molar-refractivity contribution < 1.29 is 9.21 Å². The maximum absolute atomic E-state index is 11.9. The summed E-state index contributed by atoms with van der Waals surface area (Å²) in [6, 6.07) is 3.74. The third kappa shape index (κ3) is 3.33. The van der Waals surface area contributed by atoms with E-state index in [1.165, 1.54) is 25.7 Å². The van der Waals surface area contributed by atoms with Crippen molar-refractivity contribution in [3.05, 3.63) is 23.7 Å². The molecule has 0 aromatic carbocycles. The molecule has 0 bridgehead atoms. The Morgan fingerprint density at radius 1 is 1.29 bits per heavy atom. The van der Waals surface area contributed by atoms with Crippen molar-refractivity contribution in [2.45, 2.75) is 51.1 Å². The van der Waals surface area contributed by atoms with Crippen molar-refractivity contribution in [3.63, 3.8) is 0 Å². The molecule has 1 amide bonds. The number of rotatable bonds is 3. The number of furan rings is 1. The smallest absolute Gasteiger partial charge is 0.287 e. The topological polar surface area (TPSA) is 68.3 Å². The molecule has 17 heavy (non-hydrogen) atoms. The summed E-state index contributed by atoms with van der Waals surface area (Å²) in [6.45, 7) is 0.330. The van der Waals surface area contributed by atoms with Gasteiger partial charge in [-0.3, -0.25) is 4.79 Å². The number of amides is 1. The molecule has 4 nitrogen and oxygen atoms in total. The lowest BCUT2D eigenvalue weighted by molar-refractivity contribution is 0.0903. The largest absolute Gasteiger partial charge is 0.455 e. The van der Waals surface area contributed by atoms with Crippen molar-refractivity contribution in [2.24, 2.45) is 5.73 Å². The van der Waals surface area contributed by atoms with Crippen molar-refractivity contribution >= 4 is 5.91 Å². The zero-order chi connectivity index (χ0) is 12.1. The summed E-state index contributed by atoms with van der Waals surface area (Å²) in [5.74, 6) is 0.905. The van der Waals surface area contributed by atoms with Crippen LogP contribution in [0.2, 0.25) is 0 Å². The van der Waals surface area contributed by atoms with Gasteiger partial charge < -0.3 is 15.5 Å². The minimum Gasteiger partial charge on any atom is -0.455 e. The summed E-state index contributed by atoms with van der Waals surface area (Å²) in [4.78, 5) is 11.9. The predicted octanol–water partition coefficient (Wildman–Crippen LogP) is 2.19. The number of carbonyl (C=O) groups is 1. The molecule has 1 fully saturated rings. The van der Waals surface area contributed by atoms with E-state index in [9.17, 15) is 4.79 Å². The standard InChI is InChI=1S/C13H20N2O2/c14-9-11-7-8-12(17-11)13(16)15-10-5-3-1-2-4-6-10/h7-8,10H,1-6,9,14H2,(H,15,16). The Balaban J connectivity index is 1.91. The van der Waals surface area contributed by atoms with Crippen LogP contribution in [0.25, 0.3) is 0 Å². The highest BCUT2D eigenvalue weighted by atomic mass is 16.4. The monoisotopic (exact) mass is 236 g/mol. The van der Waals surface area contributed by atoms with Crippen LogP contribution < -0.4 is 11.1 Å². The number of hydrogen-bond acceptors (Lipinski definition) is 3. The molecule has 3 N–H and O–H groups in total. The molecular formula is C13H20N2O2. The van der Waals surface area contributed by atoms with Crippen LogP contribution in [-0.2, 0) is 6.54 Å². The minimum absolute atomic E-state index is 0.114. The zero-order valence-corrected chi connectivity index (χ0v) is 10.1. The van der Waals surface area contributed by atoms with Crippen molar-refractivity contribution in [2.75, 3.05) is 0 Å². The molecular weight excluding hydrogens is 216 g/mol. The lowest BCUT2D eigenvalue weighted by atomic mass is 10.1. The van der Waals surface area contributed by atoms with Gasteiger partial charge >= 0.3 is 0 Å². The van der Waals surface area contributed by atoms with E-state index in [0.717, 1.165) is 12.8 Å². The van der Waals surface area contributed by atoms with Gasteiger partial charge in [0.15, 0.2) is 5.76 Å². The second kappa shape index (κ2) is 5.87. The fraction of sp³-hybridized carbons (Fsp3) is 0.615. The Hall–Kier alpha value is -1.29. The highest BCUT2D eigenvalue weighted by Crippen LogP contribution is 2.18. The summed E-state index contributed by atoms with van der Waals surface area (Å²) >= 11 is 0. The molecule has 1 saturated carbocycles. The van der Waals surface area contributed by atoms with E-state index in [2.05, 4.69) is 5.32 Å². The first-order valence-electron chi connectivity index (χ1n) is 6.39. The SMILES string of the molecule is NCc1ccc(C(=O)NC2CCCCCC2)o1. The molecule has 0 aliphatic heterocycles. The second-order valence-electron chi connectivity index (χ2n) is 4.63. The molecule has 0 unspecified atom stereocenters. The van der Waals surface area contributed by atoms with Crippen molar-refractivity contribution in [1.82, 2.24) is 5.32 Å². The maximum atomic E-state index is 11.9. The Bertz CT molecular complexity index is 365. The predicted molar refractivity (Wildman–Crippen MR) is 65.6 cm³/mol. The fourth-order valence-corrected chi connectivity index (χ4v) is 2.29. The molecule has 1 heterocycles. The Morgan fingerprint density at radius 2 is 2.00 bits per heavy atom. The normalized spacial score (nSPS) is 17.7. The summed E-state index contributed by atoms with van der Waals surface area (Å²) in [5.41, 5.74) is 5.44. The third-order valence-corrected chi connectivity index (χ3v) is 3.28. The minimum atomic E-state index is -0.114. The highest BCUT2D eigenvalue weighted by Gasteiger charge is 2.17.